The first-order chi connectivity index (χ1) is 12.7. The quantitative estimate of drug-likeness (QED) is 0.731. The van der Waals surface area contributed by atoms with Crippen LogP contribution in [-0.2, 0) is 0 Å². The Morgan fingerprint density at radius 2 is 1.69 bits per heavy atom. The Morgan fingerprint density at radius 1 is 0.885 bits per heavy atom. The van der Waals surface area contributed by atoms with Crippen molar-refractivity contribution in [2.75, 3.05) is 47.4 Å². The van der Waals surface area contributed by atoms with E-state index in [0.717, 1.165) is 43.1 Å². The van der Waals surface area contributed by atoms with Crippen molar-refractivity contribution >= 4 is 23.1 Å². The monoisotopic (exact) mass is 348 g/mol. The first-order valence-corrected chi connectivity index (χ1v) is 8.45. The Balaban J connectivity index is 1.48. The van der Waals surface area contributed by atoms with E-state index in [4.69, 9.17) is 11.5 Å². The molecule has 8 heteroatoms. The molecule has 0 aliphatic carbocycles. The number of aromatic nitrogens is 4. The zero-order valence-corrected chi connectivity index (χ0v) is 14.3. The van der Waals surface area contributed by atoms with Crippen LogP contribution >= 0.6 is 0 Å². The van der Waals surface area contributed by atoms with Crippen molar-refractivity contribution in [2.24, 2.45) is 0 Å². The van der Waals surface area contributed by atoms with E-state index in [1.165, 1.54) is 5.69 Å². The highest BCUT2D eigenvalue weighted by molar-refractivity contribution is 5.67. The maximum atomic E-state index is 5.98. The predicted octanol–water partition coefficient (Wildman–Crippen LogP) is 1.42. The van der Waals surface area contributed by atoms with Gasteiger partial charge in [-0.3, -0.25) is 9.97 Å². The van der Waals surface area contributed by atoms with Gasteiger partial charge < -0.3 is 21.3 Å². The van der Waals surface area contributed by atoms with Crippen molar-refractivity contribution < 1.29 is 0 Å². The van der Waals surface area contributed by atoms with E-state index in [2.05, 4.69) is 54.0 Å². The van der Waals surface area contributed by atoms with Gasteiger partial charge in [-0.05, 0) is 12.1 Å². The molecule has 26 heavy (non-hydrogen) atoms. The molecule has 0 bridgehead atoms. The summed E-state index contributed by atoms with van der Waals surface area (Å²) in [7, 11) is 0. The predicted molar refractivity (Wildman–Crippen MR) is 103 cm³/mol. The van der Waals surface area contributed by atoms with Crippen LogP contribution < -0.4 is 21.3 Å². The number of hydrogen-bond donors (Lipinski definition) is 2. The van der Waals surface area contributed by atoms with Crippen molar-refractivity contribution in [3.63, 3.8) is 0 Å². The molecule has 0 amide bonds. The molecular weight excluding hydrogens is 328 g/mol. The molecule has 1 saturated heterocycles. The number of nitrogens with two attached hydrogens (primary N) is 2. The maximum absolute atomic E-state index is 5.98. The van der Waals surface area contributed by atoms with Crippen LogP contribution in [0.4, 0.5) is 23.1 Å². The molecule has 0 radical (unpaired) electrons. The van der Waals surface area contributed by atoms with Gasteiger partial charge in [0.2, 0.25) is 5.95 Å². The molecule has 0 atom stereocenters. The summed E-state index contributed by atoms with van der Waals surface area (Å²) in [6.45, 7) is 3.45. The Bertz CT molecular complexity index is 891. The van der Waals surface area contributed by atoms with Gasteiger partial charge in [-0.15, -0.1) is 0 Å². The van der Waals surface area contributed by atoms with E-state index in [1.807, 2.05) is 0 Å². The maximum Gasteiger partial charge on any atom is 0.222 e. The van der Waals surface area contributed by atoms with E-state index in [1.54, 1.807) is 24.8 Å². The third kappa shape index (κ3) is 3.21. The zero-order chi connectivity index (χ0) is 17.9. The Hall–Kier alpha value is -3.42. The third-order valence-electron chi connectivity index (χ3n) is 4.51. The van der Waals surface area contributed by atoms with Gasteiger partial charge in [0, 0.05) is 49.8 Å². The molecule has 1 fully saturated rings. The molecule has 3 heterocycles. The van der Waals surface area contributed by atoms with Crippen molar-refractivity contribution in [1.82, 2.24) is 19.9 Å². The van der Waals surface area contributed by atoms with Crippen LogP contribution in [0.2, 0.25) is 0 Å². The Labute approximate surface area is 151 Å². The van der Waals surface area contributed by atoms with Crippen LogP contribution in [0, 0.1) is 0 Å². The molecule has 3 aromatic rings. The van der Waals surface area contributed by atoms with Gasteiger partial charge in [0.25, 0.3) is 0 Å². The summed E-state index contributed by atoms with van der Waals surface area (Å²) in [5.74, 6) is 0.626. The number of rotatable bonds is 3. The summed E-state index contributed by atoms with van der Waals surface area (Å²) < 4.78 is 0. The van der Waals surface area contributed by atoms with Crippen molar-refractivity contribution in [3.8, 4) is 11.3 Å². The molecule has 4 rings (SSSR count). The summed E-state index contributed by atoms with van der Waals surface area (Å²) in [5, 5.41) is 0. The third-order valence-corrected chi connectivity index (χ3v) is 4.51. The lowest BCUT2D eigenvalue weighted by atomic mass is 10.1. The lowest BCUT2D eigenvalue weighted by Gasteiger charge is -2.37. The van der Waals surface area contributed by atoms with Crippen molar-refractivity contribution in [2.45, 2.75) is 0 Å². The number of nitrogens with zero attached hydrogens (tertiary/aromatic N) is 6. The molecule has 4 N–H and O–H groups in total. The molecule has 0 saturated carbocycles. The van der Waals surface area contributed by atoms with Gasteiger partial charge in [0.05, 0.1) is 23.8 Å². The molecule has 2 aromatic heterocycles. The highest BCUT2D eigenvalue weighted by Gasteiger charge is 2.20. The van der Waals surface area contributed by atoms with Gasteiger partial charge >= 0.3 is 0 Å². The molecule has 132 valence electrons. The first-order valence-electron chi connectivity index (χ1n) is 8.45. The fourth-order valence-electron chi connectivity index (χ4n) is 3.16. The van der Waals surface area contributed by atoms with Gasteiger partial charge in [0.1, 0.15) is 0 Å². The number of benzene rings is 1. The van der Waals surface area contributed by atoms with Crippen LogP contribution in [0.15, 0.2) is 49.1 Å². The van der Waals surface area contributed by atoms with Crippen LogP contribution in [0.25, 0.3) is 11.3 Å². The van der Waals surface area contributed by atoms with E-state index >= 15 is 0 Å². The van der Waals surface area contributed by atoms with Gasteiger partial charge in [0.15, 0.2) is 5.82 Å². The van der Waals surface area contributed by atoms with Crippen LogP contribution in [-0.4, -0.2) is 46.1 Å². The standard InChI is InChI=1S/C18H20N8/c19-17-16(12-23-18(20)24-17)26-8-6-25(7-9-26)14-3-1-2-13(10-14)15-11-21-4-5-22-15/h1-5,10-12H,6-9H2,(H4,19,20,23,24). The van der Waals surface area contributed by atoms with E-state index in [0.29, 0.717) is 5.82 Å². The van der Waals surface area contributed by atoms with Gasteiger partial charge in [-0.2, -0.15) is 4.98 Å². The average Bonchev–Trinajstić information content (AvgIpc) is 2.69. The lowest BCUT2D eigenvalue weighted by molar-refractivity contribution is 0.652. The summed E-state index contributed by atoms with van der Waals surface area (Å²) in [6.07, 6.45) is 6.86. The normalized spacial score (nSPS) is 14.5. The second-order valence-electron chi connectivity index (χ2n) is 6.11. The minimum Gasteiger partial charge on any atom is -0.382 e. The summed E-state index contributed by atoms with van der Waals surface area (Å²) in [5.41, 5.74) is 15.5. The van der Waals surface area contributed by atoms with Crippen LogP contribution in [0.1, 0.15) is 0 Å². The molecule has 1 aromatic carbocycles. The van der Waals surface area contributed by atoms with Crippen LogP contribution in [0.3, 0.4) is 0 Å². The second-order valence-corrected chi connectivity index (χ2v) is 6.11. The van der Waals surface area contributed by atoms with Gasteiger partial charge in [-0.1, -0.05) is 12.1 Å². The highest BCUT2D eigenvalue weighted by atomic mass is 15.3. The van der Waals surface area contributed by atoms with Crippen molar-refractivity contribution in [3.05, 3.63) is 49.1 Å². The molecule has 1 aliphatic rings. The molecule has 1 aliphatic heterocycles. The van der Waals surface area contributed by atoms with Gasteiger partial charge in [-0.25, -0.2) is 4.98 Å². The minimum atomic E-state index is 0.200. The average molecular weight is 348 g/mol. The summed E-state index contributed by atoms with van der Waals surface area (Å²) in [4.78, 5) is 21.2. The molecule has 8 nitrogen and oxygen atoms in total. The fraction of sp³-hybridized carbons (Fsp3) is 0.222. The van der Waals surface area contributed by atoms with E-state index in [-0.39, 0.29) is 5.95 Å². The van der Waals surface area contributed by atoms with E-state index < -0.39 is 0 Å². The summed E-state index contributed by atoms with van der Waals surface area (Å²) in [6, 6.07) is 8.38. The van der Waals surface area contributed by atoms with Crippen molar-refractivity contribution in [1.29, 1.82) is 0 Å². The SMILES string of the molecule is Nc1ncc(N2CCN(c3cccc(-c4cnccn4)c3)CC2)c(N)n1. The Morgan fingerprint density at radius 3 is 2.42 bits per heavy atom. The number of anilines is 4. The second kappa shape index (κ2) is 6.83. The largest absolute Gasteiger partial charge is 0.382 e. The number of hydrogen-bond acceptors (Lipinski definition) is 8. The zero-order valence-electron chi connectivity index (χ0n) is 14.3. The lowest BCUT2D eigenvalue weighted by Crippen LogP contribution is -2.46. The topological polar surface area (TPSA) is 110 Å². The smallest absolute Gasteiger partial charge is 0.222 e. The molecular formula is C18H20N8. The summed E-state index contributed by atoms with van der Waals surface area (Å²) >= 11 is 0. The molecule has 0 unspecified atom stereocenters. The Kier molecular flexibility index (Phi) is 4.22. The van der Waals surface area contributed by atoms with Crippen LogP contribution in [0.5, 0.6) is 0 Å². The highest BCUT2D eigenvalue weighted by Crippen LogP contribution is 2.26. The number of nitrogen functional groups attached to an aromatic ring is 2. The molecule has 0 spiro atoms. The van der Waals surface area contributed by atoms with E-state index in [9.17, 15) is 0 Å². The number of piperazine rings is 1. The minimum absolute atomic E-state index is 0.200. The first kappa shape index (κ1) is 16.1. The fourth-order valence-corrected chi connectivity index (χ4v) is 3.16.